The number of fused-ring (bicyclic) bond motifs is 1. The van der Waals surface area contributed by atoms with Crippen LogP contribution in [0.5, 0.6) is 17.2 Å². The first kappa shape index (κ1) is 19.4. The van der Waals surface area contributed by atoms with Crippen molar-refractivity contribution in [3.05, 3.63) is 58.1 Å². The quantitative estimate of drug-likeness (QED) is 0.587. The molecule has 0 N–H and O–H groups in total. The van der Waals surface area contributed by atoms with E-state index in [-0.39, 0.29) is 5.56 Å². The average molecular weight is 381 g/mol. The number of benzene rings is 2. The summed E-state index contributed by atoms with van der Waals surface area (Å²) in [6.07, 6.45) is 3.08. The third-order valence-electron chi connectivity index (χ3n) is 4.30. The van der Waals surface area contributed by atoms with Gasteiger partial charge in [0.2, 0.25) is 5.75 Å². The van der Waals surface area contributed by atoms with Crippen molar-refractivity contribution in [2.75, 3.05) is 21.3 Å². The minimum absolute atomic E-state index is 0.197. The first-order valence-electron chi connectivity index (χ1n) is 8.98. The minimum atomic E-state index is -0.197. The Morgan fingerprint density at radius 2 is 1.75 bits per heavy atom. The largest absolute Gasteiger partial charge is 0.493 e. The van der Waals surface area contributed by atoms with Crippen molar-refractivity contribution in [2.45, 2.75) is 19.8 Å². The lowest BCUT2D eigenvalue weighted by atomic mass is 10.2. The highest BCUT2D eigenvalue weighted by molar-refractivity contribution is 5.83. The van der Waals surface area contributed by atoms with Crippen LogP contribution in [-0.2, 0) is 6.42 Å². The lowest BCUT2D eigenvalue weighted by molar-refractivity contribution is 0.324. The molecule has 0 unspecified atom stereocenters. The number of hydrogen-bond acceptors (Lipinski definition) is 6. The third kappa shape index (κ3) is 3.69. The van der Waals surface area contributed by atoms with E-state index in [0.29, 0.717) is 46.0 Å². The van der Waals surface area contributed by atoms with E-state index in [2.05, 4.69) is 10.1 Å². The fourth-order valence-electron chi connectivity index (χ4n) is 2.97. The number of nitrogens with zero attached hydrogens (tertiary/aromatic N) is 3. The number of aryl methyl sites for hydroxylation is 1. The Morgan fingerprint density at radius 1 is 1.07 bits per heavy atom. The second kappa shape index (κ2) is 8.56. The molecule has 7 heteroatoms. The van der Waals surface area contributed by atoms with Gasteiger partial charge in [0.25, 0.3) is 5.56 Å². The van der Waals surface area contributed by atoms with Crippen molar-refractivity contribution < 1.29 is 14.2 Å². The van der Waals surface area contributed by atoms with Crippen molar-refractivity contribution in [2.24, 2.45) is 5.10 Å². The first-order valence-corrected chi connectivity index (χ1v) is 8.98. The fourth-order valence-corrected chi connectivity index (χ4v) is 2.97. The molecule has 0 saturated heterocycles. The molecule has 3 aromatic rings. The van der Waals surface area contributed by atoms with Crippen LogP contribution in [0.2, 0.25) is 0 Å². The number of para-hydroxylation sites is 1. The smallest absolute Gasteiger partial charge is 0.282 e. The highest BCUT2D eigenvalue weighted by Gasteiger charge is 2.13. The van der Waals surface area contributed by atoms with Gasteiger partial charge in [-0.1, -0.05) is 19.1 Å². The highest BCUT2D eigenvalue weighted by Crippen LogP contribution is 2.37. The van der Waals surface area contributed by atoms with Gasteiger partial charge < -0.3 is 14.2 Å². The molecule has 146 valence electrons. The van der Waals surface area contributed by atoms with E-state index in [1.807, 2.05) is 25.1 Å². The van der Waals surface area contributed by atoms with E-state index in [9.17, 15) is 4.79 Å². The Labute approximate surface area is 163 Å². The van der Waals surface area contributed by atoms with Gasteiger partial charge in [0.15, 0.2) is 11.5 Å². The SMILES string of the molecule is CCCc1nc2ccccc2c(=O)n1N=Cc1cc(OC)c(OC)c(OC)c1. The summed E-state index contributed by atoms with van der Waals surface area (Å²) in [4.78, 5) is 17.5. The van der Waals surface area contributed by atoms with Crippen LogP contribution in [0, 0.1) is 0 Å². The average Bonchev–Trinajstić information content (AvgIpc) is 2.72. The summed E-state index contributed by atoms with van der Waals surface area (Å²) >= 11 is 0. The van der Waals surface area contributed by atoms with Crippen LogP contribution in [0.3, 0.4) is 0 Å². The zero-order chi connectivity index (χ0) is 20.1. The zero-order valence-electron chi connectivity index (χ0n) is 16.4. The van der Waals surface area contributed by atoms with E-state index < -0.39 is 0 Å². The Kier molecular flexibility index (Phi) is 5.93. The van der Waals surface area contributed by atoms with Crippen LogP contribution < -0.4 is 19.8 Å². The zero-order valence-corrected chi connectivity index (χ0v) is 16.4. The molecule has 0 saturated carbocycles. The van der Waals surface area contributed by atoms with Gasteiger partial charge in [-0.3, -0.25) is 4.79 Å². The molecule has 0 aliphatic heterocycles. The number of rotatable bonds is 7. The Bertz CT molecular complexity index is 1050. The number of ether oxygens (including phenoxy) is 3. The summed E-state index contributed by atoms with van der Waals surface area (Å²) in [5.41, 5.74) is 1.19. The van der Waals surface area contributed by atoms with Gasteiger partial charge in [-0.15, -0.1) is 0 Å². The molecular weight excluding hydrogens is 358 g/mol. The van der Waals surface area contributed by atoms with Crippen molar-refractivity contribution in [3.63, 3.8) is 0 Å². The molecule has 28 heavy (non-hydrogen) atoms. The maximum atomic E-state index is 12.9. The standard InChI is InChI=1S/C21H23N3O4/c1-5-8-19-23-16-10-7-6-9-15(16)21(25)24(19)22-13-14-11-17(26-2)20(28-4)18(12-14)27-3/h6-7,9-13H,5,8H2,1-4H3. The van der Waals surface area contributed by atoms with E-state index in [4.69, 9.17) is 14.2 Å². The van der Waals surface area contributed by atoms with Gasteiger partial charge in [-0.05, 0) is 30.7 Å². The lowest BCUT2D eigenvalue weighted by Gasteiger charge is -2.13. The van der Waals surface area contributed by atoms with Gasteiger partial charge in [-0.2, -0.15) is 9.78 Å². The Balaban J connectivity index is 2.12. The predicted octanol–water partition coefficient (Wildman–Crippen LogP) is 3.26. The van der Waals surface area contributed by atoms with Crippen molar-refractivity contribution >= 4 is 17.1 Å². The van der Waals surface area contributed by atoms with Gasteiger partial charge in [-0.25, -0.2) is 4.98 Å². The Morgan fingerprint density at radius 3 is 2.36 bits per heavy atom. The number of hydrogen-bond donors (Lipinski definition) is 0. The second-order valence-electron chi connectivity index (χ2n) is 6.12. The molecule has 0 aliphatic carbocycles. The van der Waals surface area contributed by atoms with Crippen molar-refractivity contribution in [1.29, 1.82) is 0 Å². The molecule has 3 rings (SSSR count). The van der Waals surface area contributed by atoms with Crippen LogP contribution in [0.25, 0.3) is 10.9 Å². The molecule has 0 bridgehead atoms. The molecule has 1 aromatic heterocycles. The van der Waals surface area contributed by atoms with Gasteiger partial charge >= 0.3 is 0 Å². The van der Waals surface area contributed by atoms with Crippen LogP contribution in [0.4, 0.5) is 0 Å². The van der Waals surface area contributed by atoms with Crippen molar-refractivity contribution in [1.82, 2.24) is 9.66 Å². The van der Waals surface area contributed by atoms with Crippen LogP contribution in [-0.4, -0.2) is 37.2 Å². The molecule has 0 fully saturated rings. The number of methoxy groups -OCH3 is 3. The second-order valence-corrected chi connectivity index (χ2v) is 6.12. The molecule has 0 radical (unpaired) electrons. The summed E-state index contributed by atoms with van der Waals surface area (Å²) in [5.74, 6) is 2.15. The molecule has 0 amide bonds. The summed E-state index contributed by atoms with van der Waals surface area (Å²) in [7, 11) is 4.65. The molecule has 2 aromatic carbocycles. The van der Waals surface area contributed by atoms with Gasteiger partial charge in [0.05, 0.1) is 38.4 Å². The van der Waals surface area contributed by atoms with Crippen LogP contribution in [0.1, 0.15) is 24.7 Å². The molecule has 0 spiro atoms. The third-order valence-corrected chi connectivity index (χ3v) is 4.30. The molecule has 7 nitrogen and oxygen atoms in total. The lowest BCUT2D eigenvalue weighted by Crippen LogP contribution is -2.22. The van der Waals surface area contributed by atoms with E-state index >= 15 is 0 Å². The molecule has 0 atom stereocenters. The topological polar surface area (TPSA) is 74.9 Å². The van der Waals surface area contributed by atoms with E-state index in [1.54, 1.807) is 45.7 Å². The summed E-state index contributed by atoms with van der Waals surface area (Å²) < 4.78 is 17.4. The monoisotopic (exact) mass is 381 g/mol. The van der Waals surface area contributed by atoms with Crippen LogP contribution in [0.15, 0.2) is 46.3 Å². The van der Waals surface area contributed by atoms with Gasteiger partial charge in [0.1, 0.15) is 5.82 Å². The van der Waals surface area contributed by atoms with E-state index in [1.165, 1.54) is 4.68 Å². The highest BCUT2D eigenvalue weighted by atomic mass is 16.5. The summed E-state index contributed by atoms with van der Waals surface area (Å²) in [6, 6.07) is 10.8. The summed E-state index contributed by atoms with van der Waals surface area (Å²) in [6.45, 7) is 2.04. The normalized spacial score (nSPS) is 11.1. The summed E-state index contributed by atoms with van der Waals surface area (Å²) in [5, 5.41) is 4.95. The fraction of sp³-hybridized carbons (Fsp3) is 0.286. The Hall–Kier alpha value is -3.35. The van der Waals surface area contributed by atoms with Crippen molar-refractivity contribution in [3.8, 4) is 17.2 Å². The molecule has 0 aliphatic rings. The minimum Gasteiger partial charge on any atom is -0.493 e. The number of aromatic nitrogens is 2. The maximum absolute atomic E-state index is 12.9. The molecular formula is C21H23N3O4. The van der Waals surface area contributed by atoms with E-state index in [0.717, 1.165) is 6.42 Å². The maximum Gasteiger partial charge on any atom is 0.282 e. The predicted molar refractivity (Wildman–Crippen MR) is 109 cm³/mol. The molecule has 1 heterocycles. The van der Waals surface area contributed by atoms with Gasteiger partial charge in [0, 0.05) is 12.0 Å². The van der Waals surface area contributed by atoms with Crippen LogP contribution >= 0.6 is 0 Å². The first-order chi connectivity index (χ1) is 13.6.